The van der Waals surface area contributed by atoms with E-state index in [-0.39, 0.29) is 23.4 Å². The van der Waals surface area contributed by atoms with Crippen LogP contribution in [0.5, 0.6) is 0 Å². The van der Waals surface area contributed by atoms with E-state index >= 15 is 0 Å². The Hall–Kier alpha value is -1.47. The summed E-state index contributed by atoms with van der Waals surface area (Å²) in [5.74, 6) is 0.309. The molecule has 5 nitrogen and oxygen atoms in total. The first-order valence-electron chi connectivity index (χ1n) is 6.01. The second-order valence-corrected chi connectivity index (χ2v) is 6.92. The maximum atomic E-state index is 13.0. The molecule has 2 heterocycles. The average Bonchev–Trinajstić information content (AvgIpc) is 2.68. The van der Waals surface area contributed by atoms with Crippen molar-refractivity contribution in [2.75, 3.05) is 18.1 Å². The predicted molar refractivity (Wildman–Crippen MR) is 68.1 cm³/mol. The molecule has 0 radical (unpaired) electrons. The minimum Gasteiger partial charge on any atom is -0.441 e. The molecular formula is C12H13FN2O3S. The van der Waals surface area contributed by atoms with Crippen LogP contribution in [-0.4, -0.2) is 37.5 Å². The standard InChI is InChI=1S/C12H13FN2O3S/c13-8-1-2-11-10(5-8)15-12(18-11)6-9-7-19(16,17)4-3-14-9/h1-2,5,9,14H,3-4,6-7H2. The highest BCUT2D eigenvalue weighted by Gasteiger charge is 2.25. The molecule has 1 aliphatic heterocycles. The third-order valence-corrected chi connectivity index (χ3v) is 4.85. The minimum absolute atomic E-state index is 0.0834. The van der Waals surface area contributed by atoms with Gasteiger partial charge in [-0.3, -0.25) is 0 Å². The Morgan fingerprint density at radius 3 is 3.11 bits per heavy atom. The van der Waals surface area contributed by atoms with Gasteiger partial charge in [0.2, 0.25) is 0 Å². The SMILES string of the molecule is O=S1(=O)CCNC(Cc2nc3cc(F)ccc3o2)C1. The van der Waals surface area contributed by atoms with Gasteiger partial charge in [-0.2, -0.15) is 0 Å². The molecular weight excluding hydrogens is 271 g/mol. The molecule has 1 unspecified atom stereocenters. The molecule has 1 saturated heterocycles. The molecule has 0 amide bonds. The highest BCUT2D eigenvalue weighted by molar-refractivity contribution is 7.91. The Morgan fingerprint density at radius 1 is 1.47 bits per heavy atom. The fraction of sp³-hybridized carbons (Fsp3) is 0.417. The van der Waals surface area contributed by atoms with Crippen LogP contribution in [0.2, 0.25) is 0 Å². The minimum atomic E-state index is -2.98. The van der Waals surface area contributed by atoms with Crippen molar-refractivity contribution in [3.63, 3.8) is 0 Å². The second-order valence-electron chi connectivity index (χ2n) is 4.69. The van der Waals surface area contributed by atoms with Crippen LogP contribution in [0, 0.1) is 5.82 Å². The number of fused-ring (bicyclic) bond motifs is 1. The summed E-state index contributed by atoms with van der Waals surface area (Å²) in [5.41, 5.74) is 0.962. The quantitative estimate of drug-likeness (QED) is 0.887. The van der Waals surface area contributed by atoms with Crippen LogP contribution in [0.25, 0.3) is 11.1 Å². The van der Waals surface area contributed by atoms with Crippen molar-refractivity contribution in [2.45, 2.75) is 12.5 Å². The largest absolute Gasteiger partial charge is 0.441 e. The average molecular weight is 284 g/mol. The van der Waals surface area contributed by atoms with E-state index in [1.54, 1.807) is 0 Å². The zero-order chi connectivity index (χ0) is 13.5. The van der Waals surface area contributed by atoms with Crippen molar-refractivity contribution in [2.24, 2.45) is 0 Å². The van der Waals surface area contributed by atoms with Crippen LogP contribution in [-0.2, 0) is 16.3 Å². The molecule has 1 fully saturated rings. The van der Waals surface area contributed by atoms with Gasteiger partial charge in [-0.05, 0) is 12.1 Å². The lowest BCUT2D eigenvalue weighted by Crippen LogP contribution is -2.46. The topological polar surface area (TPSA) is 72.2 Å². The van der Waals surface area contributed by atoms with Crippen LogP contribution in [0.15, 0.2) is 22.6 Å². The number of oxazole rings is 1. The molecule has 0 aliphatic carbocycles. The lowest BCUT2D eigenvalue weighted by molar-refractivity contribution is 0.456. The summed E-state index contributed by atoms with van der Waals surface area (Å²) in [6.45, 7) is 0.446. The smallest absolute Gasteiger partial charge is 0.197 e. The molecule has 102 valence electrons. The van der Waals surface area contributed by atoms with Crippen LogP contribution >= 0.6 is 0 Å². The summed E-state index contributed by atoms with van der Waals surface area (Å²) in [6, 6.07) is 3.93. The fourth-order valence-corrected chi connectivity index (χ4v) is 3.69. The van der Waals surface area contributed by atoms with E-state index < -0.39 is 9.84 Å². The molecule has 1 aromatic heterocycles. The van der Waals surface area contributed by atoms with Gasteiger partial charge in [0.1, 0.15) is 11.3 Å². The maximum absolute atomic E-state index is 13.0. The van der Waals surface area contributed by atoms with Gasteiger partial charge in [0.25, 0.3) is 0 Å². The molecule has 0 bridgehead atoms. The molecule has 7 heteroatoms. The Morgan fingerprint density at radius 2 is 2.32 bits per heavy atom. The monoisotopic (exact) mass is 284 g/mol. The number of halogens is 1. The number of benzene rings is 1. The highest BCUT2D eigenvalue weighted by Crippen LogP contribution is 2.18. The zero-order valence-corrected chi connectivity index (χ0v) is 10.9. The van der Waals surface area contributed by atoms with E-state index in [1.165, 1.54) is 18.2 Å². The normalized spacial score (nSPS) is 22.7. The van der Waals surface area contributed by atoms with Gasteiger partial charge < -0.3 is 9.73 Å². The van der Waals surface area contributed by atoms with Crippen molar-refractivity contribution in [1.29, 1.82) is 0 Å². The molecule has 1 N–H and O–H groups in total. The first-order chi connectivity index (χ1) is 9.02. The Kier molecular flexibility index (Phi) is 3.02. The Labute approximate surface area is 109 Å². The predicted octanol–water partition coefficient (Wildman–Crippen LogP) is 0.896. The van der Waals surface area contributed by atoms with Crippen molar-refractivity contribution >= 4 is 20.9 Å². The Balaban J connectivity index is 1.81. The lowest BCUT2D eigenvalue weighted by Gasteiger charge is -2.22. The number of hydrogen-bond donors (Lipinski definition) is 1. The van der Waals surface area contributed by atoms with Gasteiger partial charge in [0.15, 0.2) is 21.3 Å². The third-order valence-electron chi connectivity index (χ3n) is 3.12. The number of hydrogen-bond acceptors (Lipinski definition) is 5. The van der Waals surface area contributed by atoms with E-state index in [4.69, 9.17) is 4.42 Å². The number of sulfone groups is 1. The van der Waals surface area contributed by atoms with Crippen molar-refractivity contribution in [3.05, 3.63) is 29.9 Å². The van der Waals surface area contributed by atoms with Crippen LogP contribution in [0.1, 0.15) is 5.89 Å². The first-order valence-corrected chi connectivity index (χ1v) is 7.83. The van der Waals surface area contributed by atoms with Crippen LogP contribution in [0.4, 0.5) is 4.39 Å². The maximum Gasteiger partial charge on any atom is 0.197 e. The molecule has 2 aromatic rings. The van der Waals surface area contributed by atoms with Gasteiger partial charge in [-0.15, -0.1) is 0 Å². The van der Waals surface area contributed by atoms with E-state index in [0.29, 0.717) is 30.0 Å². The van der Waals surface area contributed by atoms with Crippen LogP contribution < -0.4 is 5.32 Å². The van der Waals surface area contributed by atoms with E-state index in [2.05, 4.69) is 10.3 Å². The number of rotatable bonds is 2. The highest BCUT2D eigenvalue weighted by atomic mass is 32.2. The summed E-state index contributed by atoms with van der Waals surface area (Å²) in [6.07, 6.45) is 0.384. The summed E-state index contributed by atoms with van der Waals surface area (Å²) in [7, 11) is -2.98. The van der Waals surface area contributed by atoms with Crippen molar-refractivity contribution < 1.29 is 17.2 Å². The number of aromatic nitrogens is 1. The Bertz CT molecular complexity index is 711. The van der Waals surface area contributed by atoms with Gasteiger partial charge in [-0.1, -0.05) is 0 Å². The number of nitrogens with one attached hydrogen (secondary N) is 1. The van der Waals surface area contributed by atoms with Gasteiger partial charge in [-0.25, -0.2) is 17.8 Å². The molecule has 1 aliphatic rings. The molecule has 0 saturated carbocycles. The van der Waals surface area contributed by atoms with E-state index in [9.17, 15) is 12.8 Å². The second kappa shape index (κ2) is 4.57. The van der Waals surface area contributed by atoms with E-state index in [0.717, 1.165) is 0 Å². The summed E-state index contributed by atoms with van der Waals surface area (Å²) in [5, 5.41) is 3.13. The summed E-state index contributed by atoms with van der Waals surface area (Å²) in [4.78, 5) is 4.17. The van der Waals surface area contributed by atoms with Crippen molar-refractivity contribution in [1.82, 2.24) is 10.3 Å². The van der Waals surface area contributed by atoms with Gasteiger partial charge in [0, 0.05) is 25.1 Å². The van der Waals surface area contributed by atoms with Gasteiger partial charge in [0.05, 0.1) is 11.5 Å². The molecule has 0 spiro atoms. The molecule has 3 rings (SSSR count). The van der Waals surface area contributed by atoms with E-state index in [1.807, 2.05) is 0 Å². The molecule has 1 aromatic carbocycles. The lowest BCUT2D eigenvalue weighted by atomic mass is 10.2. The summed E-state index contributed by atoms with van der Waals surface area (Å²) >= 11 is 0. The third kappa shape index (κ3) is 2.76. The van der Waals surface area contributed by atoms with Crippen molar-refractivity contribution in [3.8, 4) is 0 Å². The summed E-state index contributed by atoms with van der Waals surface area (Å²) < 4.78 is 41.6. The first kappa shape index (κ1) is 12.6. The number of nitrogens with zero attached hydrogens (tertiary/aromatic N) is 1. The molecule has 1 atom stereocenters. The molecule has 19 heavy (non-hydrogen) atoms. The fourth-order valence-electron chi connectivity index (χ4n) is 2.24. The van der Waals surface area contributed by atoms with Gasteiger partial charge >= 0.3 is 0 Å². The zero-order valence-electron chi connectivity index (χ0n) is 10.1. The van der Waals surface area contributed by atoms with Crippen LogP contribution in [0.3, 0.4) is 0 Å².